The molecule has 1 atom stereocenters. The minimum absolute atomic E-state index is 0.0824. The third-order valence-corrected chi connectivity index (χ3v) is 5.70. The van der Waals surface area contributed by atoms with E-state index < -0.39 is 11.5 Å². The molecule has 164 valence electrons. The van der Waals surface area contributed by atoms with Gasteiger partial charge in [-0.15, -0.1) is 0 Å². The summed E-state index contributed by atoms with van der Waals surface area (Å²) in [6, 6.07) is 6.38. The highest BCUT2D eigenvalue weighted by Gasteiger charge is 2.38. The van der Waals surface area contributed by atoms with Gasteiger partial charge in [0.15, 0.2) is 0 Å². The number of benzene rings is 1. The van der Waals surface area contributed by atoms with E-state index in [1.54, 1.807) is 23.1 Å². The Morgan fingerprint density at radius 3 is 2.33 bits per heavy atom. The molecular weight excluding hydrogens is 382 g/mol. The van der Waals surface area contributed by atoms with E-state index in [4.69, 9.17) is 5.73 Å². The molecule has 0 aromatic heterocycles. The Kier molecular flexibility index (Phi) is 6.47. The van der Waals surface area contributed by atoms with Crippen LogP contribution in [0.3, 0.4) is 0 Å². The number of piperidine rings is 1. The topological polar surface area (TPSA) is 99.0 Å². The van der Waals surface area contributed by atoms with Gasteiger partial charge in [-0.2, -0.15) is 0 Å². The van der Waals surface area contributed by atoms with Crippen molar-refractivity contribution in [2.45, 2.75) is 45.7 Å². The van der Waals surface area contributed by atoms with Crippen LogP contribution in [0.5, 0.6) is 0 Å². The quantitative estimate of drug-likeness (QED) is 0.766. The van der Waals surface area contributed by atoms with Gasteiger partial charge in [-0.3, -0.25) is 19.3 Å². The molecular formula is C22H33N5O3. The van der Waals surface area contributed by atoms with Crippen molar-refractivity contribution in [1.82, 2.24) is 10.2 Å². The van der Waals surface area contributed by atoms with E-state index in [0.29, 0.717) is 11.4 Å². The molecule has 1 aromatic rings. The van der Waals surface area contributed by atoms with Crippen LogP contribution < -0.4 is 20.9 Å². The number of nitrogens with two attached hydrogens (primary N) is 1. The Morgan fingerprint density at radius 1 is 1.13 bits per heavy atom. The van der Waals surface area contributed by atoms with E-state index in [2.05, 4.69) is 17.3 Å². The molecule has 0 radical (unpaired) electrons. The van der Waals surface area contributed by atoms with Crippen LogP contribution in [0.1, 0.15) is 33.6 Å². The Labute approximate surface area is 178 Å². The van der Waals surface area contributed by atoms with Crippen molar-refractivity contribution in [2.75, 3.05) is 43.0 Å². The summed E-state index contributed by atoms with van der Waals surface area (Å²) < 4.78 is 0. The Bertz CT molecular complexity index is 811. The lowest BCUT2D eigenvalue weighted by atomic mass is 9.94. The fraction of sp³-hybridized carbons (Fsp3) is 0.591. The number of hydrogen-bond donors (Lipinski definition) is 2. The summed E-state index contributed by atoms with van der Waals surface area (Å²) in [6.07, 6.45) is 1.78. The molecule has 2 aliphatic rings. The van der Waals surface area contributed by atoms with E-state index in [0.717, 1.165) is 25.9 Å². The van der Waals surface area contributed by atoms with Gasteiger partial charge in [0.25, 0.3) is 0 Å². The third-order valence-electron chi connectivity index (χ3n) is 5.70. The normalized spacial score (nSPS) is 21.2. The zero-order valence-electron chi connectivity index (χ0n) is 18.4. The molecule has 3 N–H and O–H groups in total. The van der Waals surface area contributed by atoms with Gasteiger partial charge in [-0.05, 0) is 45.1 Å². The van der Waals surface area contributed by atoms with Gasteiger partial charge < -0.3 is 20.9 Å². The lowest BCUT2D eigenvalue weighted by Gasteiger charge is -2.31. The number of fused-ring (bicyclic) bond motifs is 1. The summed E-state index contributed by atoms with van der Waals surface area (Å²) in [7, 11) is 2.07. The molecule has 1 fully saturated rings. The lowest BCUT2D eigenvalue weighted by molar-refractivity contribution is -0.126. The maximum atomic E-state index is 13.1. The molecule has 0 saturated carbocycles. The number of amides is 3. The van der Waals surface area contributed by atoms with Gasteiger partial charge in [0.05, 0.1) is 17.9 Å². The monoisotopic (exact) mass is 415 g/mol. The highest BCUT2D eigenvalue weighted by molar-refractivity contribution is 6.09. The van der Waals surface area contributed by atoms with Crippen LogP contribution in [-0.4, -0.2) is 67.9 Å². The number of rotatable bonds is 3. The van der Waals surface area contributed by atoms with Crippen molar-refractivity contribution >= 4 is 29.1 Å². The second-order valence-electron chi connectivity index (χ2n) is 9.33. The smallest absolute Gasteiger partial charge is 0.246 e. The van der Waals surface area contributed by atoms with E-state index in [9.17, 15) is 14.4 Å². The van der Waals surface area contributed by atoms with Crippen LogP contribution >= 0.6 is 0 Å². The summed E-state index contributed by atoms with van der Waals surface area (Å²) in [6.45, 7) is 7.35. The van der Waals surface area contributed by atoms with Crippen LogP contribution in [0.2, 0.25) is 0 Å². The predicted molar refractivity (Wildman–Crippen MR) is 117 cm³/mol. The summed E-state index contributed by atoms with van der Waals surface area (Å²) in [4.78, 5) is 44.1. The van der Waals surface area contributed by atoms with E-state index in [1.165, 1.54) is 4.90 Å². The van der Waals surface area contributed by atoms with Crippen LogP contribution in [-0.2, 0) is 14.4 Å². The fourth-order valence-corrected chi connectivity index (χ4v) is 3.94. The number of anilines is 2. The van der Waals surface area contributed by atoms with Crippen molar-refractivity contribution in [1.29, 1.82) is 0 Å². The maximum Gasteiger partial charge on any atom is 0.246 e. The molecule has 1 unspecified atom stereocenters. The minimum Gasteiger partial charge on any atom is -0.352 e. The summed E-state index contributed by atoms with van der Waals surface area (Å²) in [5, 5.41) is 3.05. The van der Waals surface area contributed by atoms with Crippen LogP contribution in [0, 0.1) is 5.41 Å². The summed E-state index contributed by atoms with van der Waals surface area (Å²) in [5.41, 5.74) is 6.68. The molecule has 3 amide bonds. The van der Waals surface area contributed by atoms with Gasteiger partial charge in [0, 0.05) is 11.5 Å². The molecule has 0 bridgehead atoms. The second-order valence-corrected chi connectivity index (χ2v) is 9.33. The first-order valence-corrected chi connectivity index (χ1v) is 10.5. The van der Waals surface area contributed by atoms with Gasteiger partial charge >= 0.3 is 0 Å². The highest BCUT2D eigenvalue weighted by atomic mass is 16.2. The standard InChI is InChI=1S/C22H33N5O3/c1-22(2,3)21(30)27-13-16(23)20(29)26(17-7-5-6-8-18(17)27)14-19(28)24-15-9-11-25(4)12-10-15/h5-8,15-16H,9-14,23H2,1-4H3,(H,24,28). The Hall–Kier alpha value is -2.45. The fourth-order valence-electron chi connectivity index (χ4n) is 3.94. The van der Waals surface area contributed by atoms with Crippen molar-refractivity contribution in [3.05, 3.63) is 24.3 Å². The van der Waals surface area contributed by atoms with Gasteiger partial charge in [0.2, 0.25) is 17.7 Å². The van der Waals surface area contributed by atoms with Crippen LogP contribution in [0.25, 0.3) is 0 Å². The lowest BCUT2D eigenvalue weighted by Crippen LogP contribution is -2.52. The van der Waals surface area contributed by atoms with Crippen LogP contribution in [0.4, 0.5) is 11.4 Å². The average molecular weight is 416 g/mol. The summed E-state index contributed by atoms with van der Waals surface area (Å²) >= 11 is 0. The number of carbonyl (C=O) groups is 3. The van der Waals surface area contributed by atoms with E-state index in [-0.39, 0.29) is 36.9 Å². The van der Waals surface area contributed by atoms with Crippen molar-refractivity contribution in [3.8, 4) is 0 Å². The molecule has 8 nitrogen and oxygen atoms in total. The second kappa shape index (κ2) is 8.73. The minimum atomic E-state index is -0.903. The summed E-state index contributed by atoms with van der Waals surface area (Å²) in [5.74, 6) is -0.684. The number of carbonyl (C=O) groups excluding carboxylic acids is 3. The molecule has 2 heterocycles. The van der Waals surface area contributed by atoms with E-state index in [1.807, 2.05) is 26.8 Å². The molecule has 1 aromatic carbocycles. The first-order chi connectivity index (χ1) is 14.1. The Balaban J connectivity index is 1.85. The number of likely N-dealkylation sites (tertiary alicyclic amines) is 1. The van der Waals surface area contributed by atoms with Crippen LogP contribution in [0.15, 0.2) is 24.3 Å². The average Bonchev–Trinajstić information content (AvgIpc) is 2.79. The predicted octanol–water partition coefficient (Wildman–Crippen LogP) is 0.950. The number of hydrogen-bond acceptors (Lipinski definition) is 5. The van der Waals surface area contributed by atoms with Crippen molar-refractivity contribution in [3.63, 3.8) is 0 Å². The molecule has 30 heavy (non-hydrogen) atoms. The first-order valence-electron chi connectivity index (χ1n) is 10.5. The molecule has 3 rings (SSSR count). The molecule has 8 heteroatoms. The largest absolute Gasteiger partial charge is 0.352 e. The SMILES string of the molecule is CN1CCC(NC(=O)CN2C(=O)C(N)CN(C(=O)C(C)(C)C)c3ccccc32)CC1. The van der Waals surface area contributed by atoms with Crippen molar-refractivity contribution in [2.24, 2.45) is 11.1 Å². The number of nitrogens with zero attached hydrogens (tertiary/aromatic N) is 3. The molecule has 0 spiro atoms. The first kappa shape index (κ1) is 22.2. The highest BCUT2D eigenvalue weighted by Crippen LogP contribution is 2.35. The Morgan fingerprint density at radius 2 is 1.73 bits per heavy atom. The van der Waals surface area contributed by atoms with Crippen molar-refractivity contribution < 1.29 is 14.4 Å². The third kappa shape index (κ3) is 4.82. The molecule has 1 saturated heterocycles. The maximum absolute atomic E-state index is 13.1. The molecule has 0 aliphatic carbocycles. The van der Waals surface area contributed by atoms with Gasteiger partial charge in [0.1, 0.15) is 12.6 Å². The number of nitrogens with one attached hydrogen (secondary N) is 1. The van der Waals surface area contributed by atoms with Gasteiger partial charge in [-0.25, -0.2) is 0 Å². The van der Waals surface area contributed by atoms with Gasteiger partial charge in [-0.1, -0.05) is 32.9 Å². The molecule has 2 aliphatic heterocycles. The van der Waals surface area contributed by atoms with E-state index >= 15 is 0 Å². The zero-order valence-corrected chi connectivity index (χ0v) is 18.4. The number of para-hydroxylation sites is 2. The zero-order chi connectivity index (χ0) is 22.1.